The number of hydrogen-bond donors (Lipinski definition) is 4. The molecule has 0 bridgehead atoms. The minimum atomic E-state index is -3.78. The Morgan fingerprint density at radius 3 is 2.07 bits per heavy atom. The summed E-state index contributed by atoms with van der Waals surface area (Å²) in [5.41, 5.74) is 5.25. The molecule has 0 spiro atoms. The van der Waals surface area contributed by atoms with Crippen molar-refractivity contribution >= 4 is 13.5 Å². The number of rotatable bonds is 5. The summed E-state index contributed by atoms with van der Waals surface area (Å²) in [5, 5.41) is 10.9. The SMILES string of the molecule is CC(C)[C@@H](NP(=O)(O)[C@H](C)N)C(=O)O. The quantitative estimate of drug-likeness (QED) is 0.495. The maximum Gasteiger partial charge on any atom is 0.321 e. The minimum absolute atomic E-state index is 0.285. The fourth-order valence-corrected chi connectivity index (χ4v) is 1.85. The molecule has 0 heterocycles. The van der Waals surface area contributed by atoms with Gasteiger partial charge in [-0.3, -0.25) is 9.36 Å². The highest BCUT2D eigenvalue weighted by Gasteiger charge is 2.32. The highest BCUT2D eigenvalue weighted by Crippen LogP contribution is 2.39. The van der Waals surface area contributed by atoms with Crippen LogP contribution >= 0.6 is 7.52 Å². The van der Waals surface area contributed by atoms with Crippen molar-refractivity contribution in [3.8, 4) is 0 Å². The largest absolute Gasteiger partial charge is 0.480 e. The molecule has 1 unspecified atom stereocenters. The molecule has 0 aromatic heterocycles. The molecule has 6 nitrogen and oxygen atoms in total. The summed E-state index contributed by atoms with van der Waals surface area (Å²) >= 11 is 0. The average Bonchev–Trinajstić information content (AvgIpc) is 1.98. The maximum atomic E-state index is 11.4. The summed E-state index contributed by atoms with van der Waals surface area (Å²) < 4.78 is 11.4. The van der Waals surface area contributed by atoms with Gasteiger partial charge in [-0.1, -0.05) is 13.8 Å². The van der Waals surface area contributed by atoms with Crippen LogP contribution in [-0.2, 0) is 9.36 Å². The first-order chi connectivity index (χ1) is 6.18. The summed E-state index contributed by atoms with van der Waals surface area (Å²) in [6.45, 7) is 4.65. The first-order valence-electron chi connectivity index (χ1n) is 4.27. The van der Waals surface area contributed by atoms with E-state index in [2.05, 4.69) is 5.09 Å². The van der Waals surface area contributed by atoms with Gasteiger partial charge in [0.15, 0.2) is 0 Å². The van der Waals surface area contributed by atoms with Crippen LogP contribution in [-0.4, -0.2) is 27.8 Å². The lowest BCUT2D eigenvalue weighted by atomic mass is 10.1. The summed E-state index contributed by atoms with van der Waals surface area (Å²) in [4.78, 5) is 20.0. The van der Waals surface area contributed by atoms with Gasteiger partial charge < -0.3 is 15.7 Å². The van der Waals surface area contributed by atoms with Gasteiger partial charge in [0.2, 0.25) is 0 Å². The molecule has 0 aliphatic heterocycles. The number of carbonyl (C=O) groups is 1. The first-order valence-corrected chi connectivity index (χ1v) is 6.00. The van der Waals surface area contributed by atoms with Crippen LogP contribution in [0.1, 0.15) is 20.8 Å². The van der Waals surface area contributed by atoms with Crippen LogP contribution in [0, 0.1) is 5.92 Å². The van der Waals surface area contributed by atoms with Crippen molar-refractivity contribution in [2.45, 2.75) is 32.6 Å². The van der Waals surface area contributed by atoms with Crippen molar-refractivity contribution in [2.24, 2.45) is 11.7 Å². The van der Waals surface area contributed by atoms with Crippen LogP contribution in [0.25, 0.3) is 0 Å². The maximum absolute atomic E-state index is 11.4. The second kappa shape index (κ2) is 4.89. The van der Waals surface area contributed by atoms with Gasteiger partial charge in [0.05, 0.1) is 5.78 Å². The lowest BCUT2D eigenvalue weighted by molar-refractivity contribution is -0.140. The van der Waals surface area contributed by atoms with Crippen LogP contribution in [0.5, 0.6) is 0 Å². The van der Waals surface area contributed by atoms with Gasteiger partial charge in [0.1, 0.15) is 6.04 Å². The zero-order valence-corrected chi connectivity index (χ0v) is 9.36. The zero-order chi connectivity index (χ0) is 11.5. The van der Waals surface area contributed by atoms with Crippen LogP contribution in [0.2, 0.25) is 0 Å². The lowest BCUT2D eigenvalue weighted by Crippen LogP contribution is -2.41. The predicted octanol–water partition coefficient (Wildman–Crippen LogP) is 0.175. The third kappa shape index (κ3) is 3.75. The molecule has 0 saturated carbocycles. The molecule has 0 aromatic carbocycles. The van der Waals surface area contributed by atoms with E-state index in [0.717, 1.165) is 0 Å². The van der Waals surface area contributed by atoms with Crippen LogP contribution in [0.15, 0.2) is 0 Å². The van der Waals surface area contributed by atoms with Crippen molar-refractivity contribution in [1.82, 2.24) is 5.09 Å². The summed E-state index contributed by atoms with van der Waals surface area (Å²) in [7, 11) is -3.78. The number of hydrogen-bond acceptors (Lipinski definition) is 3. The first kappa shape index (κ1) is 13.6. The van der Waals surface area contributed by atoms with E-state index < -0.39 is 25.3 Å². The molecule has 3 atom stereocenters. The molecule has 0 fully saturated rings. The van der Waals surface area contributed by atoms with Crippen molar-refractivity contribution < 1.29 is 19.4 Å². The summed E-state index contributed by atoms with van der Waals surface area (Å²) in [6, 6.07) is -1.06. The Hall–Kier alpha value is -0.420. The topological polar surface area (TPSA) is 113 Å². The molecule has 0 aromatic rings. The van der Waals surface area contributed by atoms with Crippen molar-refractivity contribution in [1.29, 1.82) is 0 Å². The van der Waals surface area contributed by atoms with Gasteiger partial charge in [-0.2, -0.15) is 0 Å². The molecule has 0 aliphatic rings. The van der Waals surface area contributed by atoms with E-state index >= 15 is 0 Å². The van der Waals surface area contributed by atoms with Gasteiger partial charge in [0, 0.05) is 0 Å². The molecule has 5 N–H and O–H groups in total. The normalized spacial score (nSPS) is 20.1. The molecule has 0 saturated heterocycles. The smallest absolute Gasteiger partial charge is 0.321 e. The van der Waals surface area contributed by atoms with Crippen LogP contribution in [0.4, 0.5) is 0 Å². The third-order valence-corrected chi connectivity index (χ3v) is 3.56. The van der Waals surface area contributed by atoms with Crippen LogP contribution in [0.3, 0.4) is 0 Å². The second-order valence-corrected chi connectivity index (χ2v) is 5.87. The standard InChI is InChI=1S/C7H17N2O4P/c1-4(2)6(7(10)11)9-14(12,13)5(3)8/h4-6H,8H2,1-3H3,(H,10,11)(H2,9,12,13)/t5-,6-/m1/s1. The number of nitrogens with one attached hydrogen (secondary N) is 1. The number of aliphatic carboxylic acids is 1. The highest BCUT2D eigenvalue weighted by atomic mass is 31.2. The molecule has 0 rings (SSSR count). The van der Waals surface area contributed by atoms with E-state index in [4.69, 9.17) is 10.8 Å². The Kier molecular flexibility index (Phi) is 4.74. The number of carboxylic acid groups (broad SMARTS) is 1. The molecule has 14 heavy (non-hydrogen) atoms. The Labute approximate surface area is 83.0 Å². The summed E-state index contributed by atoms with van der Waals surface area (Å²) in [5.74, 6) is -2.43. The number of nitrogens with two attached hydrogens (primary N) is 1. The Morgan fingerprint density at radius 1 is 1.43 bits per heavy atom. The molecule has 0 amide bonds. The Balaban J connectivity index is 4.61. The number of carboxylic acids is 1. The molecular weight excluding hydrogens is 207 g/mol. The predicted molar refractivity (Wildman–Crippen MR) is 52.9 cm³/mol. The third-order valence-electron chi connectivity index (χ3n) is 1.81. The molecule has 7 heteroatoms. The van der Waals surface area contributed by atoms with Crippen molar-refractivity contribution in [3.63, 3.8) is 0 Å². The van der Waals surface area contributed by atoms with Gasteiger partial charge in [0.25, 0.3) is 7.52 Å². The van der Waals surface area contributed by atoms with E-state index in [1.807, 2.05) is 0 Å². The Bertz CT molecular complexity index is 254. The van der Waals surface area contributed by atoms with E-state index in [0.29, 0.717) is 0 Å². The molecule has 0 aliphatic carbocycles. The van der Waals surface area contributed by atoms with E-state index in [-0.39, 0.29) is 5.92 Å². The molecular formula is C7H17N2O4P. The molecule has 0 radical (unpaired) electrons. The van der Waals surface area contributed by atoms with Gasteiger partial charge in [-0.25, -0.2) is 5.09 Å². The van der Waals surface area contributed by atoms with Gasteiger partial charge in [-0.05, 0) is 12.8 Å². The monoisotopic (exact) mass is 224 g/mol. The van der Waals surface area contributed by atoms with E-state index in [1.165, 1.54) is 6.92 Å². The van der Waals surface area contributed by atoms with E-state index in [1.54, 1.807) is 13.8 Å². The second-order valence-electron chi connectivity index (χ2n) is 3.55. The van der Waals surface area contributed by atoms with E-state index in [9.17, 15) is 14.3 Å². The van der Waals surface area contributed by atoms with Gasteiger partial charge >= 0.3 is 5.97 Å². The average molecular weight is 224 g/mol. The Morgan fingerprint density at radius 2 is 1.86 bits per heavy atom. The highest BCUT2D eigenvalue weighted by molar-refractivity contribution is 7.56. The lowest BCUT2D eigenvalue weighted by Gasteiger charge is -2.23. The van der Waals surface area contributed by atoms with Crippen molar-refractivity contribution in [3.05, 3.63) is 0 Å². The fraction of sp³-hybridized carbons (Fsp3) is 0.857. The zero-order valence-electron chi connectivity index (χ0n) is 8.47. The van der Waals surface area contributed by atoms with Crippen LogP contribution < -0.4 is 10.8 Å². The fourth-order valence-electron chi connectivity index (χ4n) is 0.806. The minimum Gasteiger partial charge on any atom is -0.480 e. The van der Waals surface area contributed by atoms with Gasteiger partial charge in [-0.15, -0.1) is 0 Å². The molecule has 84 valence electrons. The summed E-state index contributed by atoms with van der Waals surface area (Å²) in [6.07, 6.45) is 0. The van der Waals surface area contributed by atoms with Crippen molar-refractivity contribution in [2.75, 3.05) is 0 Å².